The van der Waals surface area contributed by atoms with Gasteiger partial charge < -0.3 is 10.2 Å². The van der Waals surface area contributed by atoms with Gasteiger partial charge in [-0.3, -0.25) is 0 Å². The van der Waals surface area contributed by atoms with Crippen molar-refractivity contribution in [2.24, 2.45) is 5.92 Å². The molecule has 0 bridgehead atoms. The fourth-order valence-corrected chi connectivity index (χ4v) is 2.67. The summed E-state index contributed by atoms with van der Waals surface area (Å²) in [5.74, 6) is 0.709. The molecule has 1 fully saturated rings. The van der Waals surface area contributed by atoms with Gasteiger partial charge in [-0.1, -0.05) is 24.6 Å². The SMILES string of the molecule is Cc1ccc(N2CC(C)CNC(C)C2)c(C)c1. The van der Waals surface area contributed by atoms with Gasteiger partial charge in [0.05, 0.1) is 0 Å². The van der Waals surface area contributed by atoms with E-state index in [9.17, 15) is 0 Å². The van der Waals surface area contributed by atoms with Gasteiger partial charge >= 0.3 is 0 Å². The normalized spacial score (nSPS) is 25.8. The summed E-state index contributed by atoms with van der Waals surface area (Å²) >= 11 is 0. The van der Waals surface area contributed by atoms with Crippen LogP contribution in [0.3, 0.4) is 0 Å². The highest BCUT2D eigenvalue weighted by Gasteiger charge is 2.19. The van der Waals surface area contributed by atoms with Crippen molar-refractivity contribution in [2.75, 3.05) is 24.5 Å². The minimum Gasteiger partial charge on any atom is -0.369 e. The smallest absolute Gasteiger partial charge is 0.0396 e. The molecule has 17 heavy (non-hydrogen) atoms. The van der Waals surface area contributed by atoms with Gasteiger partial charge in [-0.15, -0.1) is 0 Å². The number of aryl methyl sites for hydroxylation is 2. The summed E-state index contributed by atoms with van der Waals surface area (Å²) in [4.78, 5) is 2.53. The van der Waals surface area contributed by atoms with Crippen LogP contribution in [0.5, 0.6) is 0 Å². The molecule has 0 aliphatic carbocycles. The predicted molar refractivity (Wildman–Crippen MR) is 74.8 cm³/mol. The van der Waals surface area contributed by atoms with Crippen LogP contribution < -0.4 is 10.2 Å². The fraction of sp³-hybridized carbons (Fsp3) is 0.600. The van der Waals surface area contributed by atoms with E-state index in [1.165, 1.54) is 16.8 Å². The summed E-state index contributed by atoms with van der Waals surface area (Å²) in [6.45, 7) is 12.4. The molecule has 1 aliphatic heterocycles. The second-order valence-electron chi connectivity index (χ2n) is 5.61. The van der Waals surface area contributed by atoms with E-state index in [0.29, 0.717) is 12.0 Å². The minimum absolute atomic E-state index is 0.570. The van der Waals surface area contributed by atoms with Crippen LogP contribution in [0.25, 0.3) is 0 Å². The summed E-state index contributed by atoms with van der Waals surface area (Å²) in [6.07, 6.45) is 0. The van der Waals surface area contributed by atoms with E-state index >= 15 is 0 Å². The molecule has 1 N–H and O–H groups in total. The van der Waals surface area contributed by atoms with E-state index in [0.717, 1.165) is 19.6 Å². The molecule has 1 aliphatic rings. The molecule has 0 amide bonds. The molecule has 1 heterocycles. The number of anilines is 1. The van der Waals surface area contributed by atoms with Crippen LogP contribution in [-0.4, -0.2) is 25.7 Å². The quantitative estimate of drug-likeness (QED) is 0.801. The Hall–Kier alpha value is -1.02. The van der Waals surface area contributed by atoms with Crippen molar-refractivity contribution in [1.82, 2.24) is 5.32 Å². The number of rotatable bonds is 1. The Bertz CT molecular complexity index is 375. The Kier molecular flexibility index (Phi) is 3.72. The average molecular weight is 232 g/mol. The summed E-state index contributed by atoms with van der Waals surface area (Å²) in [5.41, 5.74) is 4.14. The highest BCUT2D eigenvalue weighted by molar-refractivity contribution is 5.54. The van der Waals surface area contributed by atoms with Gasteiger partial charge in [-0.2, -0.15) is 0 Å². The molecule has 1 aromatic rings. The van der Waals surface area contributed by atoms with E-state index in [4.69, 9.17) is 0 Å². The Morgan fingerprint density at radius 1 is 1.18 bits per heavy atom. The largest absolute Gasteiger partial charge is 0.369 e. The second kappa shape index (κ2) is 5.09. The average Bonchev–Trinajstić information content (AvgIpc) is 2.40. The summed E-state index contributed by atoms with van der Waals surface area (Å²) in [6, 6.07) is 7.34. The molecule has 1 saturated heterocycles. The maximum absolute atomic E-state index is 3.58. The Morgan fingerprint density at radius 2 is 1.94 bits per heavy atom. The lowest BCUT2D eigenvalue weighted by atomic mass is 10.1. The van der Waals surface area contributed by atoms with E-state index in [1.54, 1.807) is 0 Å². The van der Waals surface area contributed by atoms with Crippen LogP contribution in [0, 0.1) is 19.8 Å². The molecular weight excluding hydrogens is 208 g/mol. The maximum Gasteiger partial charge on any atom is 0.0396 e. The van der Waals surface area contributed by atoms with Crippen molar-refractivity contribution in [3.05, 3.63) is 29.3 Å². The first-order valence-electron chi connectivity index (χ1n) is 6.62. The van der Waals surface area contributed by atoms with Crippen LogP contribution in [0.1, 0.15) is 25.0 Å². The number of hydrogen-bond donors (Lipinski definition) is 1. The Balaban J connectivity index is 2.24. The summed E-state index contributed by atoms with van der Waals surface area (Å²) < 4.78 is 0. The maximum atomic E-state index is 3.58. The van der Waals surface area contributed by atoms with Crippen molar-refractivity contribution in [1.29, 1.82) is 0 Å². The molecule has 0 radical (unpaired) electrons. The molecule has 2 heteroatoms. The van der Waals surface area contributed by atoms with Gasteiger partial charge in [0.2, 0.25) is 0 Å². The van der Waals surface area contributed by atoms with Crippen LogP contribution >= 0.6 is 0 Å². The van der Waals surface area contributed by atoms with Gasteiger partial charge in [-0.25, -0.2) is 0 Å². The Morgan fingerprint density at radius 3 is 2.65 bits per heavy atom. The summed E-state index contributed by atoms with van der Waals surface area (Å²) in [5, 5.41) is 3.58. The zero-order valence-electron chi connectivity index (χ0n) is 11.5. The number of nitrogens with zero attached hydrogens (tertiary/aromatic N) is 1. The number of benzene rings is 1. The second-order valence-corrected chi connectivity index (χ2v) is 5.61. The topological polar surface area (TPSA) is 15.3 Å². The molecule has 0 spiro atoms. The van der Waals surface area contributed by atoms with Crippen molar-refractivity contribution >= 4 is 5.69 Å². The van der Waals surface area contributed by atoms with E-state index in [-0.39, 0.29) is 0 Å². The molecular formula is C15H24N2. The van der Waals surface area contributed by atoms with Crippen LogP contribution in [0.2, 0.25) is 0 Å². The Labute approximate surface area is 105 Å². The molecule has 1 aromatic carbocycles. The van der Waals surface area contributed by atoms with E-state index in [1.807, 2.05) is 0 Å². The standard InChI is InChI=1S/C15H24N2/c1-11-5-6-15(13(3)7-11)17-9-12(2)8-16-14(4)10-17/h5-7,12,14,16H,8-10H2,1-4H3. The highest BCUT2D eigenvalue weighted by Crippen LogP contribution is 2.23. The monoisotopic (exact) mass is 232 g/mol. The first-order valence-corrected chi connectivity index (χ1v) is 6.62. The molecule has 2 atom stereocenters. The van der Waals surface area contributed by atoms with Crippen molar-refractivity contribution < 1.29 is 0 Å². The third kappa shape index (κ3) is 3.01. The van der Waals surface area contributed by atoms with Gasteiger partial charge in [0, 0.05) is 24.8 Å². The van der Waals surface area contributed by atoms with Gasteiger partial charge in [0.1, 0.15) is 0 Å². The first-order chi connectivity index (χ1) is 8.06. The number of nitrogens with one attached hydrogen (secondary N) is 1. The van der Waals surface area contributed by atoms with Gasteiger partial charge in [0.15, 0.2) is 0 Å². The lowest BCUT2D eigenvalue weighted by molar-refractivity contribution is 0.525. The lowest BCUT2D eigenvalue weighted by Gasteiger charge is -2.28. The number of hydrogen-bond acceptors (Lipinski definition) is 2. The molecule has 94 valence electrons. The van der Waals surface area contributed by atoms with Crippen LogP contribution in [0.4, 0.5) is 5.69 Å². The summed E-state index contributed by atoms with van der Waals surface area (Å²) in [7, 11) is 0. The van der Waals surface area contributed by atoms with E-state index in [2.05, 4.69) is 56.1 Å². The van der Waals surface area contributed by atoms with Crippen molar-refractivity contribution in [3.8, 4) is 0 Å². The van der Waals surface area contributed by atoms with E-state index < -0.39 is 0 Å². The third-order valence-corrected chi connectivity index (χ3v) is 3.53. The molecule has 2 rings (SSSR count). The van der Waals surface area contributed by atoms with Crippen LogP contribution in [-0.2, 0) is 0 Å². The zero-order valence-corrected chi connectivity index (χ0v) is 11.5. The lowest BCUT2D eigenvalue weighted by Crippen LogP contribution is -2.35. The molecule has 2 nitrogen and oxygen atoms in total. The third-order valence-electron chi connectivity index (χ3n) is 3.53. The van der Waals surface area contributed by atoms with Gasteiger partial charge in [-0.05, 0) is 44.9 Å². The first kappa shape index (κ1) is 12.4. The fourth-order valence-electron chi connectivity index (χ4n) is 2.67. The van der Waals surface area contributed by atoms with Gasteiger partial charge in [0.25, 0.3) is 0 Å². The highest BCUT2D eigenvalue weighted by atomic mass is 15.2. The molecule has 2 unspecified atom stereocenters. The van der Waals surface area contributed by atoms with Crippen molar-refractivity contribution in [2.45, 2.75) is 33.7 Å². The van der Waals surface area contributed by atoms with Crippen LogP contribution in [0.15, 0.2) is 18.2 Å². The minimum atomic E-state index is 0.570. The van der Waals surface area contributed by atoms with Crippen molar-refractivity contribution in [3.63, 3.8) is 0 Å². The predicted octanol–water partition coefficient (Wildman–Crippen LogP) is 2.74. The molecule has 0 aromatic heterocycles. The molecule has 0 saturated carbocycles. The zero-order chi connectivity index (χ0) is 12.4.